The average molecular weight is 590 g/mol. The summed E-state index contributed by atoms with van der Waals surface area (Å²) >= 11 is 13.9. The van der Waals surface area contributed by atoms with E-state index in [1.54, 1.807) is 24.3 Å². The second-order valence-electron chi connectivity index (χ2n) is 8.51. The minimum atomic E-state index is -0.355. The van der Waals surface area contributed by atoms with Gasteiger partial charge in [-0.15, -0.1) is 0 Å². The summed E-state index contributed by atoms with van der Waals surface area (Å²) in [5.74, 6) is -0.705. The summed E-state index contributed by atoms with van der Waals surface area (Å²) in [6.45, 7) is 11.3. The first-order valence-electron chi connectivity index (χ1n) is 13.2. The molecule has 0 atom stereocenters. The maximum atomic E-state index is 14.8. The van der Waals surface area contributed by atoms with Gasteiger partial charge in [-0.3, -0.25) is 4.79 Å². The van der Waals surface area contributed by atoms with Crippen LogP contribution < -0.4 is 10.2 Å². The summed E-state index contributed by atoms with van der Waals surface area (Å²) in [5, 5.41) is 4.89. The molecule has 0 aliphatic carbocycles. The number of aromatic amines is 1. The number of nitrogens with zero attached hydrogens (tertiary/aromatic N) is 2. The van der Waals surface area contributed by atoms with Gasteiger partial charge in [0, 0.05) is 62.6 Å². The lowest BCUT2D eigenvalue weighted by atomic mass is 10.2. The van der Waals surface area contributed by atoms with E-state index in [-0.39, 0.29) is 11.7 Å². The lowest BCUT2D eigenvalue weighted by Gasteiger charge is -2.34. The number of benzene rings is 3. The van der Waals surface area contributed by atoms with Crippen molar-refractivity contribution in [2.45, 2.75) is 37.5 Å². The smallest absolute Gasteiger partial charge is 0.272 e. The molecule has 1 aromatic heterocycles. The van der Waals surface area contributed by atoms with E-state index < -0.39 is 0 Å². The minimum Gasteiger partial charge on any atom is -0.367 e. The Bertz CT molecular complexity index is 1390. The number of likely N-dealkylation sites (N-methyl/N-ethyl adjacent to an activating group) is 1. The van der Waals surface area contributed by atoms with Crippen LogP contribution in [0.1, 0.15) is 38.2 Å². The standard InChI is InChI=1S/C26H23Cl2FN4OS.2C2H6/c1-32-8-10-33(11-9-32)24-7-4-18(14-21(24)29)30-26(34)23-15-20-22(31-23)12-17(28)13-25(20)35-19-5-2-16(27)3-6-19;2*1-2/h2-7,12-15,31H,8-11H2,1H3,(H,30,34);2*1-2H3. The van der Waals surface area contributed by atoms with Crippen LogP contribution >= 0.6 is 35.0 Å². The van der Waals surface area contributed by atoms with Crippen LogP contribution in [0.3, 0.4) is 0 Å². The molecule has 208 valence electrons. The fourth-order valence-electron chi connectivity index (χ4n) is 4.09. The molecule has 0 radical (unpaired) electrons. The Labute approximate surface area is 244 Å². The summed E-state index contributed by atoms with van der Waals surface area (Å²) in [7, 11) is 2.06. The molecular weight excluding hydrogens is 554 g/mol. The molecule has 1 saturated heterocycles. The van der Waals surface area contributed by atoms with Gasteiger partial charge in [0.25, 0.3) is 5.91 Å². The van der Waals surface area contributed by atoms with Gasteiger partial charge in [-0.25, -0.2) is 4.39 Å². The molecule has 0 spiro atoms. The average Bonchev–Trinajstić information content (AvgIpc) is 3.38. The first-order chi connectivity index (χ1) is 18.9. The first kappa shape index (κ1) is 30.8. The predicted octanol–water partition coefficient (Wildman–Crippen LogP) is 8.82. The molecule has 3 aromatic carbocycles. The summed E-state index contributed by atoms with van der Waals surface area (Å²) in [6, 6.07) is 17.8. The van der Waals surface area contributed by atoms with E-state index in [0.29, 0.717) is 27.1 Å². The number of halogens is 3. The summed E-state index contributed by atoms with van der Waals surface area (Å²) in [4.78, 5) is 22.3. The molecule has 0 saturated carbocycles. The zero-order chi connectivity index (χ0) is 28.5. The normalized spacial score (nSPS) is 13.3. The van der Waals surface area contributed by atoms with Crippen LogP contribution in [-0.2, 0) is 0 Å². The maximum Gasteiger partial charge on any atom is 0.272 e. The maximum absolute atomic E-state index is 14.8. The van der Waals surface area contributed by atoms with Gasteiger partial charge in [0.05, 0.1) is 5.69 Å². The molecule has 1 fully saturated rings. The number of carbonyl (C=O) groups is 1. The Hall–Kier alpha value is -2.71. The Balaban J connectivity index is 0.00000100. The van der Waals surface area contributed by atoms with Crippen LogP contribution in [-0.4, -0.2) is 49.0 Å². The van der Waals surface area contributed by atoms with E-state index in [4.69, 9.17) is 23.2 Å². The highest BCUT2D eigenvalue weighted by Gasteiger charge is 2.19. The van der Waals surface area contributed by atoms with Crippen LogP contribution in [0.5, 0.6) is 0 Å². The summed E-state index contributed by atoms with van der Waals surface area (Å²) < 4.78 is 14.8. The van der Waals surface area contributed by atoms with Gasteiger partial charge in [0.2, 0.25) is 0 Å². The zero-order valence-electron chi connectivity index (χ0n) is 22.9. The largest absolute Gasteiger partial charge is 0.367 e. The van der Waals surface area contributed by atoms with E-state index in [1.807, 2.05) is 62.9 Å². The Morgan fingerprint density at radius 2 is 1.56 bits per heavy atom. The van der Waals surface area contributed by atoms with Crippen LogP contribution in [0.15, 0.2) is 70.5 Å². The monoisotopic (exact) mass is 588 g/mol. The molecular formula is C30H35Cl2FN4OS. The van der Waals surface area contributed by atoms with Gasteiger partial charge in [0.1, 0.15) is 11.5 Å². The van der Waals surface area contributed by atoms with E-state index in [9.17, 15) is 9.18 Å². The molecule has 5 nitrogen and oxygen atoms in total. The quantitative estimate of drug-likeness (QED) is 0.244. The molecule has 0 unspecified atom stereocenters. The highest BCUT2D eigenvalue weighted by atomic mass is 35.5. The van der Waals surface area contributed by atoms with E-state index >= 15 is 0 Å². The molecule has 5 rings (SSSR count). The molecule has 1 aliphatic heterocycles. The number of hydrogen-bond acceptors (Lipinski definition) is 4. The number of carbonyl (C=O) groups excluding carboxylic acids is 1. The number of anilines is 2. The van der Waals surface area contributed by atoms with E-state index in [1.165, 1.54) is 17.8 Å². The lowest BCUT2D eigenvalue weighted by molar-refractivity contribution is 0.102. The Morgan fingerprint density at radius 1 is 0.897 bits per heavy atom. The van der Waals surface area contributed by atoms with Crippen LogP contribution in [0.25, 0.3) is 10.9 Å². The highest BCUT2D eigenvalue weighted by molar-refractivity contribution is 7.99. The van der Waals surface area contributed by atoms with Crippen molar-refractivity contribution in [1.82, 2.24) is 9.88 Å². The van der Waals surface area contributed by atoms with Crippen molar-refractivity contribution in [2.75, 3.05) is 43.4 Å². The number of fused-ring (bicyclic) bond motifs is 1. The Kier molecular flexibility index (Phi) is 11.5. The number of aromatic nitrogens is 1. The van der Waals surface area contributed by atoms with Gasteiger partial charge < -0.3 is 20.1 Å². The van der Waals surface area contributed by atoms with Crippen molar-refractivity contribution in [3.8, 4) is 0 Å². The molecule has 2 N–H and O–H groups in total. The third-order valence-electron chi connectivity index (χ3n) is 6.00. The molecule has 0 bridgehead atoms. The minimum absolute atomic E-state index is 0.350. The van der Waals surface area contributed by atoms with Crippen LogP contribution in [0.4, 0.5) is 15.8 Å². The van der Waals surface area contributed by atoms with Crippen molar-refractivity contribution in [3.05, 3.63) is 82.2 Å². The van der Waals surface area contributed by atoms with Crippen molar-refractivity contribution in [3.63, 3.8) is 0 Å². The fourth-order valence-corrected chi connectivity index (χ4v) is 5.49. The van der Waals surface area contributed by atoms with Crippen molar-refractivity contribution in [1.29, 1.82) is 0 Å². The number of hydrogen-bond donors (Lipinski definition) is 2. The highest BCUT2D eigenvalue weighted by Crippen LogP contribution is 2.37. The molecule has 4 aromatic rings. The molecule has 1 amide bonds. The summed E-state index contributed by atoms with van der Waals surface area (Å²) in [5.41, 5.74) is 2.07. The third-order valence-corrected chi connectivity index (χ3v) is 7.54. The number of amides is 1. The van der Waals surface area contributed by atoms with E-state index in [2.05, 4.69) is 22.2 Å². The topological polar surface area (TPSA) is 51.4 Å². The fraction of sp³-hybridized carbons (Fsp3) is 0.300. The van der Waals surface area contributed by atoms with Gasteiger partial charge in [0.15, 0.2) is 0 Å². The molecule has 39 heavy (non-hydrogen) atoms. The zero-order valence-corrected chi connectivity index (χ0v) is 25.3. The Morgan fingerprint density at radius 3 is 2.21 bits per heavy atom. The van der Waals surface area contributed by atoms with E-state index in [0.717, 1.165) is 46.9 Å². The van der Waals surface area contributed by atoms with Gasteiger partial charge in [-0.05, 0) is 67.7 Å². The number of rotatable bonds is 5. The lowest BCUT2D eigenvalue weighted by Crippen LogP contribution is -2.44. The predicted molar refractivity (Wildman–Crippen MR) is 166 cm³/mol. The SMILES string of the molecule is CC.CC.CN1CCN(c2ccc(NC(=O)c3cc4c(Sc5ccc(Cl)cc5)cc(Cl)cc4[nH]3)cc2F)CC1. The van der Waals surface area contributed by atoms with Gasteiger partial charge in [-0.2, -0.15) is 0 Å². The van der Waals surface area contributed by atoms with Crippen molar-refractivity contribution in [2.24, 2.45) is 0 Å². The van der Waals surface area contributed by atoms with Gasteiger partial charge in [-0.1, -0.05) is 62.7 Å². The van der Waals surface area contributed by atoms with Crippen LogP contribution in [0, 0.1) is 5.82 Å². The van der Waals surface area contributed by atoms with Crippen LogP contribution in [0.2, 0.25) is 10.0 Å². The molecule has 2 heterocycles. The number of H-pyrrole nitrogens is 1. The number of piperazine rings is 1. The molecule has 1 aliphatic rings. The van der Waals surface area contributed by atoms with Crippen molar-refractivity contribution < 1.29 is 9.18 Å². The second kappa shape index (κ2) is 14.6. The van der Waals surface area contributed by atoms with Gasteiger partial charge >= 0.3 is 0 Å². The second-order valence-corrected chi connectivity index (χ2v) is 10.5. The number of nitrogens with one attached hydrogen (secondary N) is 2. The third kappa shape index (κ3) is 7.92. The first-order valence-corrected chi connectivity index (χ1v) is 14.7. The van der Waals surface area contributed by atoms with Crippen molar-refractivity contribution >= 4 is 63.1 Å². The summed E-state index contributed by atoms with van der Waals surface area (Å²) in [6.07, 6.45) is 0. The molecule has 9 heteroatoms.